The molecule has 1 aromatic heterocycles. The first-order valence-corrected chi connectivity index (χ1v) is 9.03. The maximum absolute atomic E-state index is 12.6. The first kappa shape index (κ1) is 20.7. The molecule has 6 heteroatoms. The van der Waals surface area contributed by atoms with Crippen LogP contribution in [0.4, 0.5) is 0 Å². The molecule has 2 rings (SSSR count). The largest absolute Gasteiger partial charge is 0.497 e. The smallest absolute Gasteiger partial charge is 0.270 e. The van der Waals surface area contributed by atoms with Gasteiger partial charge in [-0.1, -0.05) is 32.9 Å². The van der Waals surface area contributed by atoms with Crippen LogP contribution in [0.15, 0.2) is 35.1 Å². The molecular formula is C21H29N3O3. The summed E-state index contributed by atoms with van der Waals surface area (Å²) in [5, 5.41) is 2.99. The minimum atomic E-state index is -0.407. The molecule has 2 N–H and O–H groups in total. The molecule has 0 saturated carbocycles. The fraction of sp³-hybridized carbons (Fsp3) is 0.476. The Morgan fingerprint density at radius 2 is 1.78 bits per heavy atom. The number of H-pyrrole nitrogens is 1. The second kappa shape index (κ2) is 7.94. The summed E-state index contributed by atoms with van der Waals surface area (Å²) < 4.78 is 5.14. The highest BCUT2D eigenvalue weighted by molar-refractivity contribution is 5.92. The Hall–Kier alpha value is -2.63. The SMILES string of the molecule is COc1ccc(Cc2nc(C(=O)NC(C)(C)CC(C)(C)C)cc(=O)[nH]2)cc1. The molecule has 0 aliphatic heterocycles. The van der Waals surface area contributed by atoms with Crippen LogP contribution in [0, 0.1) is 5.41 Å². The van der Waals surface area contributed by atoms with Crippen LogP contribution >= 0.6 is 0 Å². The highest BCUT2D eigenvalue weighted by Crippen LogP contribution is 2.26. The van der Waals surface area contributed by atoms with Crippen LogP contribution in [-0.4, -0.2) is 28.5 Å². The van der Waals surface area contributed by atoms with Crippen LogP contribution in [-0.2, 0) is 6.42 Å². The second-order valence-electron chi connectivity index (χ2n) is 8.68. The van der Waals surface area contributed by atoms with E-state index >= 15 is 0 Å². The standard InChI is InChI=1S/C21H29N3O3/c1-20(2,3)13-21(4,5)24-19(26)16-12-18(25)23-17(22-16)11-14-7-9-15(27-6)10-8-14/h7-10,12H,11,13H2,1-6H3,(H,24,26)(H,22,23,25). The van der Waals surface area contributed by atoms with Gasteiger partial charge >= 0.3 is 0 Å². The Morgan fingerprint density at radius 3 is 2.33 bits per heavy atom. The average molecular weight is 371 g/mol. The van der Waals surface area contributed by atoms with Gasteiger partial charge in [0, 0.05) is 18.0 Å². The zero-order chi connectivity index (χ0) is 20.2. The molecule has 0 atom stereocenters. The number of carbonyl (C=O) groups excluding carboxylic acids is 1. The van der Waals surface area contributed by atoms with Crippen molar-refractivity contribution in [3.05, 3.63) is 57.8 Å². The number of aromatic nitrogens is 2. The van der Waals surface area contributed by atoms with Crippen LogP contribution < -0.4 is 15.6 Å². The van der Waals surface area contributed by atoms with Crippen molar-refractivity contribution in [2.45, 2.75) is 53.0 Å². The number of ether oxygens (including phenoxy) is 1. The Kier molecular flexibility index (Phi) is 6.08. The van der Waals surface area contributed by atoms with Gasteiger partial charge in [-0.3, -0.25) is 9.59 Å². The monoisotopic (exact) mass is 371 g/mol. The number of rotatable bonds is 6. The Balaban J connectivity index is 2.18. The highest BCUT2D eigenvalue weighted by atomic mass is 16.5. The van der Waals surface area contributed by atoms with Gasteiger partial charge in [0.05, 0.1) is 7.11 Å². The third-order valence-electron chi connectivity index (χ3n) is 3.98. The predicted octanol–water partition coefficient (Wildman–Crippen LogP) is 3.31. The lowest BCUT2D eigenvalue weighted by Crippen LogP contribution is -2.46. The van der Waals surface area contributed by atoms with Gasteiger partial charge in [0.25, 0.3) is 11.5 Å². The summed E-state index contributed by atoms with van der Waals surface area (Å²) in [6.07, 6.45) is 1.22. The summed E-state index contributed by atoms with van der Waals surface area (Å²) in [6, 6.07) is 8.73. The number of nitrogens with zero attached hydrogens (tertiary/aromatic N) is 1. The lowest BCUT2D eigenvalue weighted by Gasteiger charge is -2.33. The van der Waals surface area contributed by atoms with Gasteiger partial charge in [0.1, 0.15) is 17.3 Å². The molecule has 0 spiro atoms. The van der Waals surface area contributed by atoms with Crippen molar-refractivity contribution in [1.82, 2.24) is 15.3 Å². The van der Waals surface area contributed by atoms with Crippen LogP contribution in [0.25, 0.3) is 0 Å². The summed E-state index contributed by atoms with van der Waals surface area (Å²) >= 11 is 0. The summed E-state index contributed by atoms with van der Waals surface area (Å²) in [6.45, 7) is 10.3. The number of amides is 1. The third kappa shape index (κ3) is 6.55. The van der Waals surface area contributed by atoms with Gasteiger partial charge in [-0.25, -0.2) is 4.98 Å². The quantitative estimate of drug-likeness (QED) is 0.816. The van der Waals surface area contributed by atoms with Crippen molar-refractivity contribution >= 4 is 5.91 Å². The molecule has 0 radical (unpaired) electrons. The van der Waals surface area contributed by atoms with E-state index in [2.05, 4.69) is 36.1 Å². The molecule has 0 unspecified atom stereocenters. The zero-order valence-corrected chi connectivity index (χ0v) is 17.0. The maximum atomic E-state index is 12.6. The van der Waals surface area contributed by atoms with Gasteiger partial charge in [-0.2, -0.15) is 0 Å². The lowest BCUT2D eigenvalue weighted by atomic mass is 9.82. The van der Waals surface area contributed by atoms with Crippen LogP contribution in [0.2, 0.25) is 0 Å². The van der Waals surface area contributed by atoms with E-state index in [1.807, 2.05) is 38.1 Å². The third-order valence-corrected chi connectivity index (χ3v) is 3.98. The number of carbonyl (C=O) groups is 1. The molecule has 27 heavy (non-hydrogen) atoms. The minimum absolute atomic E-state index is 0.0674. The van der Waals surface area contributed by atoms with E-state index < -0.39 is 5.54 Å². The van der Waals surface area contributed by atoms with Crippen molar-refractivity contribution in [1.29, 1.82) is 0 Å². The van der Waals surface area contributed by atoms with E-state index in [1.165, 1.54) is 6.07 Å². The number of methoxy groups -OCH3 is 1. The molecule has 1 aromatic carbocycles. The molecule has 0 saturated heterocycles. The van der Waals surface area contributed by atoms with E-state index in [9.17, 15) is 9.59 Å². The van der Waals surface area contributed by atoms with Crippen LogP contribution in [0.5, 0.6) is 5.75 Å². The summed E-state index contributed by atoms with van der Waals surface area (Å²) in [4.78, 5) is 31.7. The fourth-order valence-electron chi connectivity index (χ4n) is 3.39. The molecule has 0 aliphatic rings. The molecule has 1 heterocycles. The lowest BCUT2D eigenvalue weighted by molar-refractivity contribution is 0.0885. The Bertz CT molecular complexity index is 846. The molecule has 2 aromatic rings. The molecule has 0 fully saturated rings. The van der Waals surface area contributed by atoms with E-state index in [-0.39, 0.29) is 22.6 Å². The van der Waals surface area contributed by atoms with E-state index in [1.54, 1.807) is 7.11 Å². The van der Waals surface area contributed by atoms with Crippen molar-refractivity contribution in [3.63, 3.8) is 0 Å². The summed E-state index contributed by atoms with van der Waals surface area (Å²) in [7, 11) is 1.61. The van der Waals surface area contributed by atoms with Gasteiger partial charge in [-0.15, -0.1) is 0 Å². The molecule has 0 bridgehead atoms. The van der Waals surface area contributed by atoms with Crippen molar-refractivity contribution in [2.75, 3.05) is 7.11 Å². The fourth-order valence-corrected chi connectivity index (χ4v) is 3.39. The van der Waals surface area contributed by atoms with Gasteiger partial charge in [-0.05, 0) is 43.4 Å². The van der Waals surface area contributed by atoms with Crippen molar-refractivity contribution < 1.29 is 9.53 Å². The zero-order valence-electron chi connectivity index (χ0n) is 17.0. The van der Waals surface area contributed by atoms with Gasteiger partial charge in [0.15, 0.2) is 0 Å². The maximum Gasteiger partial charge on any atom is 0.270 e. The normalized spacial score (nSPS) is 11.9. The topological polar surface area (TPSA) is 84.1 Å². The van der Waals surface area contributed by atoms with E-state index in [4.69, 9.17) is 4.74 Å². The molecular weight excluding hydrogens is 342 g/mol. The molecule has 1 amide bonds. The summed E-state index contributed by atoms with van der Waals surface area (Å²) in [5.41, 5.74) is 0.411. The molecule has 146 valence electrons. The molecule has 6 nitrogen and oxygen atoms in total. The average Bonchev–Trinajstić information content (AvgIpc) is 2.52. The Morgan fingerprint density at radius 1 is 1.15 bits per heavy atom. The first-order chi connectivity index (χ1) is 12.5. The first-order valence-electron chi connectivity index (χ1n) is 9.03. The highest BCUT2D eigenvalue weighted by Gasteiger charge is 2.28. The van der Waals surface area contributed by atoms with Gasteiger partial charge in [0.2, 0.25) is 0 Å². The number of hydrogen-bond acceptors (Lipinski definition) is 4. The summed E-state index contributed by atoms with van der Waals surface area (Å²) in [5.74, 6) is 0.868. The van der Waals surface area contributed by atoms with Crippen LogP contribution in [0.1, 0.15) is 62.9 Å². The van der Waals surface area contributed by atoms with Crippen molar-refractivity contribution in [3.8, 4) is 5.75 Å². The van der Waals surface area contributed by atoms with Crippen LogP contribution in [0.3, 0.4) is 0 Å². The molecule has 0 aliphatic carbocycles. The predicted molar refractivity (Wildman–Crippen MR) is 106 cm³/mol. The number of aromatic amines is 1. The number of benzene rings is 1. The number of hydrogen-bond donors (Lipinski definition) is 2. The van der Waals surface area contributed by atoms with E-state index in [0.717, 1.165) is 17.7 Å². The second-order valence-corrected chi connectivity index (χ2v) is 8.68. The number of nitrogens with one attached hydrogen (secondary N) is 2. The Labute approximate surface area is 160 Å². The minimum Gasteiger partial charge on any atom is -0.497 e. The van der Waals surface area contributed by atoms with Crippen molar-refractivity contribution in [2.24, 2.45) is 5.41 Å². The van der Waals surface area contributed by atoms with Gasteiger partial charge < -0.3 is 15.0 Å². The van der Waals surface area contributed by atoms with E-state index in [0.29, 0.717) is 12.2 Å².